The van der Waals surface area contributed by atoms with Crippen molar-refractivity contribution in [3.8, 4) is 16.9 Å². The average Bonchev–Trinajstić information content (AvgIpc) is 2.90. The maximum atomic E-state index is 15.8. The molecule has 0 saturated carbocycles. The number of hydrogen-bond donors (Lipinski definition) is 0. The smallest absolute Gasteiger partial charge is 0.322 e. The van der Waals surface area contributed by atoms with Gasteiger partial charge in [-0.1, -0.05) is 56.3 Å². The first-order valence-corrected chi connectivity index (χ1v) is 13.3. The Morgan fingerprint density at radius 1 is 1.15 bits per heavy atom. The molecule has 40 heavy (non-hydrogen) atoms. The molecule has 3 aromatic heterocycles. The van der Waals surface area contributed by atoms with Gasteiger partial charge in [-0.2, -0.15) is 0 Å². The van der Waals surface area contributed by atoms with E-state index in [4.69, 9.17) is 16.6 Å². The van der Waals surface area contributed by atoms with Gasteiger partial charge in [0, 0.05) is 11.8 Å². The zero-order valence-electron chi connectivity index (χ0n) is 22.7. The monoisotopic (exact) mass is 561 g/mol. The van der Waals surface area contributed by atoms with Crippen molar-refractivity contribution in [2.45, 2.75) is 45.8 Å². The first kappa shape index (κ1) is 27.5. The summed E-state index contributed by atoms with van der Waals surface area (Å²) in [6.07, 6.45) is 2.77. The first-order valence-electron chi connectivity index (χ1n) is 12.9. The van der Waals surface area contributed by atoms with Crippen molar-refractivity contribution in [3.05, 3.63) is 97.8 Å². The number of likely N-dealkylation sites (tertiary alicyclic amines) is 1. The van der Waals surface area contributed by atoms with E-state index in [0.717, 1.165) is 27.3 Å². The Balaban J connectivity index is 1.83. The summed E-state index contributed by atoms with van der Waals surface area (Å²) in [7, 11) is 0. The van der Waals surface area contributed by atoms with E-state index in [0.29, 0.717) is 17.1 Å². The number of amides is 1. The molecule has 1 aliphatic heterocycles. The van der Waals surface area contributed by atoms with Crippen LogP contribution in [0.25, 0.3) is 28.1 Å². The second-order valence-electron chi connectivity index (χ2n) is 10.6. The van der Waals surface area contributed by atoms with Crippen LogP contribution in [0.4, 0.5) is 4.39 Å². The number of hydrogen-bond acceptors (Lipinski definition) is 5. The number of fused-ring (bicyclic) bond motifs is 1. The van der Waals surface area contributed by atoms with E-state index in [-0.39, 0.29) is 35.2 Å². The van der Waals surface area contributed by atoms with Crippen LogP contribution in [0.2, 0.25) is 5.02 Å². The Morgan fingerprint density at radius 3 is 2.50 bits per heavy atom. The number of nitrogens with zero attached hydrogens (tertiary/aromatic N) is 5. The third-order valence-electron chi connectivity index (χ3n) is 7.27. The molecule has 10 heteroatoms. The molecule has 0 bridgehead atoms. The Morgan fingerprint density at radius 2 is 1.85 bits per heavy atom. The summed E-state index contributed by atoms with van der Waals surface area (Å²) in [6.45, 7) is 10.2. The minimum absolute atomic E-state index is 0.0695. The van der Waals surface area contributed by atoms with Crippen LogP contribution in [0.15, 0.2) is 64.8 Å². The molecular weight excluding hydrogens is 533 g/mol. The zero-order chi connectivity index (χ0) is 28.9. The standard InChI is InChI=1S/C30H29ClFN5O3/c1-6-23(38)35-14-30(32,15-35)16-36-22-13-21(31)25(20-10-8-7-9-18(20)4)34-27(22)37(29(40)28(36)39)26-19(5)11-12-33-24(26)17(2)3/h6-13,17H,1,14-16H2,2-5H3. The Kier molecular flexibility index (Phi) is 6.95. The minimum atomic E-state index is -1.91. The van der Waals surface area contributed by atoms with Crippen molar-refractivity contribution in [1.29, 1.82) is 0 Å². The van der Waals surface area contributed by atoms with Crippen molar-refractivity contribution in [3.63, 3.8) is 0 Å². The van der Waals surface area contributed by atoms with Gasteiger partial charge in [-0.3, -0.25) is 28.5 Å². The Bertz CT molecular complexity index is 1800. The van der Waals surface area contributed by atoms with Gasteiger partial charge in [-0.25, -0.2) is 9.37 Å². The molecule has 0 spiro atoms. The molecule has 1 fully saturated rings. The summed E-state index contributed by atoms with van der Waals surface area (Å²) in [5, 5.41) is 0.247. The fourth-order valence-corrected chi connectivity index (χ4v) is 5.48. The van der Waals surface area contributed by atoms with E-state index in [1.165, 1.54) is 9.47 Å². The highest BCUT2D eigenvalue weighted by atomic mass is 35.5. The van der Waals surface area contributed by atoms with Crippen LogP contribution in [-0.4, -0.2) is 48.7 Å². The minimum Gasteiger partial charge on any atom is -0.332 e. The zero-order valence-corrected chi connectivity index (χ0v) is 23.5. The SMILES string of the molecule is C=CC(=O)N1CC(F)(Cn2c(=O)c(=O)n(-c3c(C)ccnc3C(C)C)c3nc(-c4ccccc4C)c(Cl)cc32)C1. The van der Waals surface area contributed by atoms with Gasteiger partial charge in [-0.15, -0.1) is 0 Å². The lowest BCUT2D eigenvalue weighted by Crippen LogP contribution is -2.63. The molecule has 1 saturated heterocycles. The van der Waals surface area contributed by atoms with Crippen molar-refractivity contribution in [2.75, 3.05) is 13.1 Å². The Hall–Kier alpha value is -4.11. The quantitative estimate of drug-likeness (QED) is 0.250. The van der Waals surface area contributed by atoms with Crippen LogP contribution in [0.5, 0.6) is 0 Å². The molecule has 1 aliphatic rings. The number of rotatable bonds is 6. The lowest BCUT2D eigenvalue weighted by Gasteiger charge is -2.44. The molecule has 4 heterocycles. The van der Waals surface area contributed by atoms with Gasteiger partial charge < -0.3 is 4.90 Å². The van der Waals surface area contributed by atoms with Crippen LogP contribution in [0.1, 0.15) is 36.6 Å². The van der Waals surface area contributed by atoms with Gasteiger partial charge in [0.15, 0.2) is 11.3 Å². The third kappa shape index (κ3) is 4.54. The van der Waals surface area contributed by atoms with E-state index in [9.17, 15) is 14.4 Å². The fourth-order valence-electron chi connectivity index (χ4n) is 5.23. The highest BCUT2D eigenvalue weighted by Crippen LogP contribution is 2.34. The van der Waals surface area contributed by atoms with Crippen molar-refractivity contribution < 1.29 is 9.18 Å². The third-order valence-corrected chi connectivity index (χ3v) is 7.56. The van der Waals surface area contributed by atoms with Crippen LogP contribution >= 0.6 is 11.6 Å². The van der Waals surface area contributed by atoms with Gasteiger partial charge >= 0.3 is 11.1 Å². The number of benzene rings is 1. The molecule has 1 aromatic carbocycles. The predicted molar refractivity (Wildman–Crippen MR) is 154 cm³/mol. The highest BCUT2D eigenvalue weighted by Gasteiger charge is 2.46. The molecule has 0 N–H and O–H groups in total. The number of halogens is 2. The summed E-state index contributed by atoms with van der Waals surface area (Å²) in [5.74, 6) is -0.471. The van der Waals surface area contributed by atoms with Crippen molar-refractivity contribution in [2.24, 2.45) is 0 Å². The maximum Gasteiger partial charge on any atom is 0.322 e. The van der Waals surface area contributed by atoms with E-state index in [1.807, 2.05) is 52.0 Å². The largest absolute Gasteiger partial charge is 0.332 e. The van der Waals surface area contributed by atoms with Crippen LogP contribution in [0.3, 0.4) is 0 Å². The molecule has 0 atom stereocenters. The molecule has 8 nitrogen and oxygen atoms in total. The molecule has 5 rings (SSSR count). The van der Waals surface area contributed by atoms with Crippen LogP contribution < -0.4 is 11.1 Å². The van der Waals surface area contributed by atoms with Gasteiger partial charge in [0.05, 0.1) is 47.2 Å². The molecule has 4 aromatic rings. The summed E-state index contributed by atoms with van der Waals surface area (Å²) in [6, 6.07) is 10.9. The summed E-state index contributed by atoms with van der Waals surface area (Å²) in [4.78, 5) is 50.1. The maximum absolute atomic E-state index is 15.8. The second-order valence-corrected chi connectivity index (χ2v) is 11.0. The van der Waals surface area contributed by atoms with E-state index < -0.39 is 29.2 Å². The normalized spacial score (nSPS) is 14.4. The Labute approximate surface area is 235 Å². The van der Waals surface area contributed by atoms with Gasteiger partial charge in [0.25, 0.3) is 0 Å². The van der Waals surface area contributed by atoms with Crippen molar-refractivity contribution in [1.82, 2.24) is 24.0 Å². The van der Waals surface area contributed by atoms with Gasteiger partial charge in [-0.05, 0) is 49.1 Å². The average molecular weight is 562 g/mol. The van der Waals surface area contributed by atoms with E-state index >= 15 is 4.39 Å². The highest BCUT2D eigenvalue weighted by molar-refractivity contribution is 6.33. The molecule has 0 aliphatic carbocycles. The summed E-state index contributed by atoms with van der Waals surface area (Å²) >= 11 is 6.75. The van der Waals surface area contributed by atoms with E-state index in [2.05, 4.69) is 11.6 Å². The fraction of sp³-hybridized carbons (Fsp3) is 0.300. The topological polar surface area (TPSA) is 90.1 Å². The molecule has 1 amide bonds. The number of alkyl halides is 1. The van der Waals surface area contributed by atoms with Crippen molar-refractivity contribution >= 4 is 28.7 Å². The number of aromatic nitrogens is 4. The lowest BCUT2D eigenvalue weighted by molar-refractivity contribution is -0.141. The number of pyridine rings is 2. The second kappa shape index (κ2) is 10.1. The number of carbonyl (C=O) groups is 1. The summed E-state index contributed by atoms with van der Waals surface area (Å²) < 4.78 is 18.1. The van der Waals surface area contributed by atoms with Gasteiger partial charge in [0.2, 0.25) is 5.91 Å². The first-order chi connectivity index (χ1) is 19.0. The van der Waals surface area contributed by atoms with E-state index in [1.54, 1.807) is 18.3 Å². The molecule has 0 unspecified atom stereocenters. The predicted octanol–water partition coefficient (Wildman–Crippen LogP) is 4.74. The molecule has 0 radical (unpaired) electrons. The number of aryl methyl sites for hydroxylation is 2. The van der Waals surface area contributed by atoms with Crippen LogP contribution in [-0.2, 0) is 11.3 Å². The molecular formula is C30H29ClFN5O3. The van der Waals surface area contributed by atoms with Crippen LogP contribution in [0, 0.1) is 13.8 Å². The summed E-state index contributed by atoms with van der Waals surface area (Å²) in [5.41, 5.74) is 0.576. The molecule has 206 valence electrons. The number of carbonyl (C=O) groups excluding carboxylic acids is 1. The lowest BCUT2D eigenvalue weighted by atomic mass is 9.95. The van der Waals surface area contributed by atoms with Gasteiger partial charge in [0.1, 0.15) is 0 Å².